The maximum Gasteiger partial charge on any atom is 0.409 e. The van der Waals surface area contributed by atoms with Gasteiger partial charge in [0.05, 0.1) is 19.4 Å². The quantitative estimate of drug-likeness (QED) is 0.549. The summed E-state index contributed by atoms with van der Waals surface area (Å²) in [6.45, 7) is 5.14. The molecule has 0 radical (unpaired) electrons. The smallest absolute Gasteiger partial charge is 0.409 e. The number of carbonyl (C=O) groups excluding carboxylic acids is 3. The number of methoxy groups -OCH3 is 1. The Balaban J connectivity index is 1.72. The van der Waals surface area contributed by atoms with Crippen molar-refractivity contribution in [2.75, 3.05) is 31.7 Å². The first-order valence-corrected chi connectivity index (χ1v) is 12.9. The monoisotopic (exact) mass is 496 g/mol. The summed E-state index contributed by atoms with van der Waals surface area (Å²) in [4.78, 5) is 42.5. The topological polar surface area (TPSA) is 94.0 Å². The highest BCUT2D eigenvalue weighted by molar-refractivity contribution is 6.02. The highest BCUT2D eigenvalue weighted by Crippen LogP contribution is 2.34. The molecule has 1 saturated heterocycles. The van der Waals surface area contributed by atoms with Crippen LogP contribution in [-0.2, 0) is 14.3 Å². The molecule has 2 fully saturated rings. The van der Waals surface area contributed by atoms with E-state index in [9.17, 15) is 14.4 Å². The van der Waals surface area contributed by atoms with E-state index >= 15 is 0 Å². The van der Waals surface area contributed by atoms with Gasteiger partial charge in [-0.3, -0.25) is 9.69 Å². The van der Waals surface area contributed by atoms with E-state index in [2.05, 4.69) is 6.92 Å². The summed E-state index contributed by atoms with van der Waals surface area (Å²) in [5.41, 5.74) is 1.06. The lowest BCUT2D eigenvalue weighted by Crippen LogP contribution is -2.51. The van der Waals surface area contributed by atoms with Gasteiger partial charge in [0, 0.05) is 31.2 Å². The van der Waals surface area contributed by atoms with Crippen molar-refractivity contribution in [3.05, 3.63) is 42.1 Å². The van der Waals surface area contributed by atoms with Crippen LogP contribution in [0.2, 0.25) is 0 Å². The third-order valence-corrected chi connectivity index (χ3v) is 7.30. The normalized spacial score (nSPS) is 20.6. The summed E-state index contributed by atoms with van der Waals surface area (Å²) in [7, 11) is 1.37. The van der Waals surface area contributed by atoms with Crippen LogP contribution in [0.15, 0.2) is 36.5 Å². The number of nitrogens with zero attached hydrogens (tertiary/aromatic N) is 4. The fourth-order valence-electron chi connectivity index (χ4n) is 5.21. The van der Waals surface area contributed by atoms with Gasteiger partial charge in [-0.15, -0.1) is 5.10 Å². The fraction of sp³-hybridized carbons (Fsp3) is 0.556. The first-order chi connectivity index (χ1) is 17.4. The van der Waals surface area contributed by atoms with Gasteiger partial charge < -0.3 is 14.4 Å². The van der Waals surface area contributed by atoms with Crippen LogP contribution in [-0.4, -0.2) is 65.5 Å². The van der Waals surface area contributed by atoms with E-state index in [1.54, 1.807) is 27.6 Å². The van der Waals surface area contributed by atoms with Crippen LogP contribution < -0.4 is 4.90 Å². The lowest BCUT2D eigenvalue weighted by molar-refractivity contribution is -0.124. The molecule has 2 amide bonds. The molecule has 9 nitrogen and oxygen atoms in total. The SMILES string of the molecule is CCOC(=O)c1cn(-c2ccccc2)nc1N(C(=O)C1CCC(C)CC1)C1CCN(C(=O)OC)CC1. The van der Waals surface area contributed by atoms with Crippen LogP contribution in [0.4, 0.5) is 10.6 Å². The number of ether oxygens (including phenoxy) is 2. The molecule has 4 rings (SSSR count). The van der Waals surface area contributed by atoms with Crippen molar-refractivity contribution in [2.45, 2.75) is 58.4 Å². The zero-order chi connectivity index (χ0) is 25.7. The molecule has 2 heterocycles. The number of likely N-dealkylation sites (tertiary alicyclic amines) is 1. The van der Waals surface area contributed by atoms with Gasteiger partial charge in [-0.1, -0.05) is 25.1 Å². The second-order valence-electron chi connectivity index (χ2n) is 9.72. The number of hydrogen-bond donors (Lipinski definition) is 0. The molecule has 0 atom stereocenters. The number of benzene rings is 1. The van der Waals surface area contributed by atoms with Crippen molar-refractivity contribution in [3.63, 3.8) is 0 Å². The molecule has 1 saturated carbocycles. The van der Waals surface area contributed by atoms with Crippen LogP contribution in [0.5, 0.6) is 0 Å². The summed E-state index contributed by atoms with van der Waals surface area (Å²) in [6.07, 6.45) is 6.09. The Labute approximate surface area is 212 Å². The number of rotatable bonds is 6. The van der Waals surface area contributed by atoms with Gasteiger partial charge in [-0.2, -0.15) is 0 Å². The number of hydrogen-bond acceptors (Lipinski definition) is 6. The predicted octanol–water partition coefficient (Wildman–Crippen LogP) is 4.44. The number of amides is 2. The second kappa shape index (κ2) is 11.6. The van der Waals surface area contributed by atoms with Crippen molar-refractivity contribution < 1.29 is 23.9 Å². The zero-order valence-corrected chi connectivity index (χ0v) is 21.4. The third-order valence-electron chi connectivity index (χ3n) is 7.30. The Morgan fingerprint density at radius 1 is 1.03 bits per heavy atom. The number of carbonyl (C=O) groups is 3. The summed E-state index contributed by atoms with van der Waals surface area (Å²) >= 11 is 0. The van der Waals surface area contributed by atoms with E-state index in [0.717, 1.165) is 31.4 Å². The molecule has 194 valence electrons. The Morgan fingerprint density at radius 3 is 2.31 bits per heavy atom. The van der Waals surface area contributed by atoms with Crippen LogP contribution in [0, 0.1) is 11.8 Å². The van der Waals surface area contributed by atoms with Crippen LogP contribution >= 0.6 is 0 Å². The molecule has 1 aromatic heterocycles. The highest BCUT2D eigenvalue weighted by Gasteiger charge is 2.39. The number of anilines is 1. The molecular formula is C27H36N4O5. The van der Waals surface area contributed by atoms with Gasteiger partial charge in [0.2, 0.25) is 5.91 Å². The van der Waals surface area contributed by atoms with Crippen molar-refractivity contribution in [2.24, 2.45) is 11.8 Å². The number of piperidine rings is 1. The van der Waals surface area contributed by atoms with E-state index in [1.807, 2.05) is 30.3 Å². The Morgan fingerprint density at radius 2 is 1.69 bits per heavy atom. The molecule has 0 unspecified atom stereocenters. The lowest BCUT2D eigenvalue weighted by Gasteiger charge is -2.39. The number of aromatic nitrogens is 2. The predicted molar refractivity (Wildman–Crippen MR) is 135 cm³/mol. The highest BCUT2D eigenvalue weighted by atomic mass is 16.5. The minimum atomic E-state index is -0.503. The summed E-state index contributed by atoms with van der Waals surface area (Å²) in [5, 5.41) is 4.78. The first kappa shape index (κ1) is 25.7. The average molecular weight is 497 g/mol. The van der Waals surface area contributed by atoms with Crippen LogP contribution in [0.25, 0.3) is 5.69 Å². The molecule has 36 heavy (non-hydrogen) atoms. The minimum Gasteiger partial charge on any atom is -0.462 e. The molecule has 2 aromatic rings. The van der Waals surface area contributed by atoms with Crippen molar-refractivity contribution in [1.29, 1.82) is 0 Å². The fourth-order valence-corrected chi connectivity index (χ4v) is 5.21. The lowest BCUT2D eigenvalue weighted by atomic mass is 9.82. The summed E-state index contributed by atoms with van der Waals surface area (Å²) < 4.78 is 11.9. The van der Waals surface area contributed by atoms with Gasteiger partial charge >= 0.3 is 12.1 Å². The molecule has 0 N–H and O–H groups in total. The van der Waals surface area contributed by atoms with Crippen LogP contribution in [0.1, 0.15) is 62.7 Å². The van der Waals surface area contributed by atoms with E-state index < -0.39 is 5.97 Å². The standard InChI is InChI=1S/C27H36N4O5/c1-4-36-26(33)23-18-30(21-8-6-5-7-9-21)28-24(23)31(25(32)20-12-10-19(2)11-13-20)22-14-16-29(17-15-22)27(34)35-3/h5-9,18-20,22H,4,10-17H2,1-3H3. The maximum atomic E-state index is 14.1. The molecule has 2 aliphatic rings. The second-order valence-corrected chi connectivity index (χ2v) is 9.72. The molecular weight excluding hydrogens is 460 g/mol. The van der Waals surface area contributed by atoms with Gasteiger partial charge in [-0.25, -0.2) is 14.3 Å². The van der Waals surface area contributed by atoms with E-state index in [1.165, 1.54) is 7.11 Å². The summed E-state index contributed by atoms with van der Waals surface area (Å²) in [6, 6.07) is 9.31. The van der Waals surface area contributed by atoms with Gasteiger partial charge in [0.1, 0.15) is 5.56 Å². The average Bonchev–Trinajstić information content (AvgIpc) is 3.35. The Bertz CT molecular complexity index is 1050. The number of esters is 1. The van der Waals surface area contributed by atoms with Gasteiger partial charge in [0.25, 0.3) is 0 Å². The molecule has 0 bridgehead atoms. The van der Waals surface area contributed by atoms with Crippen LogP contribution in [0.3, 0.4) is 0 Å². The largest absolute Gasteiger partial charge is 0.462 e. The first-order valence-electron chi connectivity index (χ1n) is 12.9. The van der Waals surface area contributed by atoms with Crippen molar-refractivity contribution >= 4 is 23.8 Å². The van der Waals surface area contributed by atoms with E-state index in [-0.39, 0.29) is 36.1 Å². The Kier molecular flexibility index (Phi) is 8.28. The van der Waals surface area contributed by atoms with Gasteiger partial charge in [0.15, 0.2) is 5.82 Å². The zero-order valence-electron chi connectivity index (χ0n) is 21.4. The third kappa shape index (κ3) is 5.55. The molecule has 0 spiro atoms. The number of para-hydroxylation sites is 1. The molecule has 1 aromatic carbocycles. The Hall–Kier alpha value is -3.36. The summed E-state index contributed by atoms with van der Waals surface area (Å²) in [5.74, 6) is 0.325. The van der Waals surface area contributed by atoms with E-state index in [0.29, 0.717) is 37.7 Å². The minimum absolute atomic E-state index is 0.00211. The molecule has 1 aliphatic heterocycles. The molecule has 1 aliphatic carbocycles. The van der Waals surface area contributed by atoms with E-state index in [4.69, 9.17) is 14.6 Å². The van der Waals surface area contributed by atoms with Gasteiger partial charge in [-0.05, 0) is 63.5 Å². The maximum absolute atomic E-state index is 14.1. The van der Waals surface area contributed by atoms with Crippen molar-refractivity contribution in [3.8, 4) is 5.69 Å². The molecule has 9 heteroatoms. The van der Waals surface area contributed by atoms with Crippen molar-refractivity contribution in [1.82, 2.24) is 14.7 Å².